The zero-order valence-corrected chi connectivity index (χ0v) is 18.9. The summed E-state index contributed by atoms with van der Waals surface area (Å²) < 4.78 is 0. The highest BCUT2D eigenvalue weighted by atomic mass is 16.2. The first-order valence-electron chi connectivity index (χ1n) is 10.8. The summed E-state index contributed by atoms with van der Waals surface area (Å²) in [6.07, 6.45) is 2.83. The van der Waals surface area contributed by atoms with Gasteiger partial charge in [-0.3, -0.25) is 14.5 Å². The van der Waals surface area contributed by atoms with Crippen LogP contribution in [-0.2, 0) is 4.79 Å². The molecular formula is C23H38N4O2. The van der Waals surface area contributed by atoms with E-state index in [0.717, 1.165) is 43.6 Å². The molecule has 1 heterocycles. The molecule has 1 saturated heterocycles. The lowest BCUT2D eigenvalue weighted by molar-refractivity contribution is -0.133. The second-order valence-corrected chi connectivity index (χ2v) is 8.69. The Hall–Kier alpha value is -2.08. The van der Waals surface area contributed by atoms with Crippen molar-refractivity contribution in [2.45, 2.75) is 59.0 Å². The third kappa shape index (κ3) is 6.20. The van der Waals surface area contributed by atoms with Crippen molar-refractivity contribution in [2.24, 2.45) is 5.92 Å². The van der Waals surface area contributed by atoms with Crippen LogP contribution >= 0.6 is 0 Å². The number of nitrogens with zero attached hydrogens (tertiary/aromatic N) is 2. The topological polar surface area (TPSA) is 64.7 Å². The van der Waals surface area contributed by atoms with Gasteiger partial charge in [0.05, 0.1) is 6.04 Å². The van der Waals surface area contributed by atoms with Gasteiger partial charge in [-0.25, -0.2) is 0 Å². The van der Waals surface area contributed by atoms with Crippen molar-refractivity contribution in [3.05, 3.63) is 29.3 Å². The van der Waals surface area contributed by atoms with Gasteiger partial charge in [-0.1, -0.05) is 19.9 Å². The van der Waals surface area contributed by atoms with Crippen molar-refractivity contribution in [1.29, 1.82) is 0 Å². The summed E-state index contributed by atoms with van der Waals surface area (Å²) in [5.74, 6) is 0.661. The standard InChI is InChI=1S/C23H38N4O2/c1-16(2)18(4)25-20-11-7-10-19(17(20)3)22(28)24-13-9-15-27-14-8-12-21(27)23(29)26(5)6/h7,10-11,16,18,21,25H,8-9,12-15H2,1-6H3,(H,24,28)/t18-,21-/m0/s1. The van der Waals surface area contributed by atoms with Crippen LogP contribution in [0.4, 0.5) is 5.69 Å². The minimum atomic E-state index is -0.0364. The Morgan fingerprint density at radius 2 is 1.97 bits per heavy atom. The lowest BCUT2D eigenvalue weighted by Gasteiger charge is -2.26. The molecule has 29 heavy (non-hydrogen) atoms. The molecule has 0 bridgehead atoms. The van der Waals surface area contributed by atoms with E-state index in [1.165, 1.54) is 0 Å². The smallest absolute Gasteiger partial charge is 0.251 e. The van der Waals surface area contributed by atoms with Crippen molar-refractivity contribution in [2.75, 3.05) is 39.0 Å². The van der Waals surface area contributed by atoms with Gasteiger partial charge in [-0.2, -0.15) is 0 Å². The number of carbonyl (C=O) groups excluding carboxylic acids is 2. The average molecular weight is 403 g/mol. The van der Waals surface area contributed by atoms with Gasteiger partial charge >= 0.3 is 0 Å². The molecule has 162 valence electrons. The molecule has 6 heteroatoms. The van der Waals surface area contributed by atoms with Gasteiger partial charge in [-0.05, 0) is 63.3 Å². The number of hydrogen-bond acceptors (Lipinski definition) is 4. The number of nitrogens with one attached hydrogen (secondary N) is 2. The van der Waals surface area contributed by atoms with E-state index < -0.39 is 0 Å². The maximum absolute atomic E-state index is 12.7. The Bertz CT molecular complexity index is 702. The maximum atomic E-state index is 12.7. The number of benzene rings is 1. The molecular weight excluding hydrogens is 364 g/mol. The quantitative estimate of drug-likeness (QED) is 0.623. The Morgan fingerprint density at radius 3 is 2.62 bits per heavy atom. The number of rotatable bonds is 9. The van der Waals surface area contributed by atoms with Crippen LogP contribution in [0.25, 0.3) is 0 Å². The minimum absolute atomic E-state index is 0.00588. The molecule has 2 amide bonds. The van der Waals surface area contributed by atoms with Crippen LogP contribution in [-0.4, -0.2) is 67.4 Å². The van der Waals surface area contributed by atoms with Crippen LogP contribution in [0, 0.1) is 12.8 Å². The van der Waals surface area contributed by atoms with Gasteiger partial charge < -0.3 is 15.5 Å². The van der Waals surface area contributed by atoms with Crippen molar-refractivity contribution in [3.63, 3.8) is 0 Å². The molecule has 0 aromatic heterocycles. The van der Waals surface area contributed by atoms with E-state index in [9.17, 15) is 9.59 Å². The molecule has 1 aliphatic heterocycles. The summed E-state index contributed by atoms with van der Waals surface area (Å²) in [6.45, 7) is 10.9. The predicted octanol–water partition coefficient (Wildman–Crippen LogP) is 3.12. The summed E-state index contributed by atoms with van der Waals surface area (Å²) in [6, 6.07) is 6.17. The highest BCUT2D eigenvalue weighted by Crippen LogP contribution is 2.22. The third-order valence-electron chi connectivity index (χ3n) is 5.96. The van der Waals surface area contributed by atoms with Gasteiger partial charge in [0.1, 0.15) is 0 Å². The number of anilines is 1. The van der Waals surface area contributed by atoms with Crippen LogP contribution in [0.2, 0.25) is 0 Å². The normalized spacial score (nSPS) is 18.0. The second-order valence-electron chi connectivity index (χ2n) is 8.69. The highest BCUT2D eigenvalue weighted by molar-refractivity contribution is 5.97. The molecule has 0 radical (unpaired) electrons. The number of hydrogen-bond donors (Lipinski definition) is 2. The monoisotopic (exact) mass is 402 g/mol. The zero-order chi connectivity index (χ0) is 21.6. The molecule has 1 aromatic rings. The highest BCUT2D eigenvalue weighted by Gasteiger charge is 2.31. The summed E-state index contributed by atoms with van der Waals surface area (Å²) in [5, 5.41) is 6.56. The molecule has 2 N–H and O–H groups in total. The molecule has 0 spiro atoms. The maximum Gasteiger partial charge on any atom is 0.251 e. The molecule has 0 aliphatic carbocycles. The van der Waals surface area contributed by atoms with Gasteiger partial charge in [0, 0.05) is 44.5 Å². The number of likely N-dealkylation sites (tertiary alicyclic amines) is 1. The van der Waals surface area contributed by atoms with Crippen LogP contribution in [0.15, 0.2) is 18.2 Å². The van der Waals surface area contributed by atoms with Gasteiger partial charge in [-0.15, -0.1) is 0 Å². The second kappa shape index (κ2) is 10.6. The third-order valence-corrected chi connectivity index (χ3v) is 5.96. The SMILES string of the molecule is Cc1c(N[C@@H](C)C(C)C)cccc1C(=O)NCCCN1CCC[C@H]1C(=O)N(C)C. The predicted molar refractivity (Wildman–Crippen MR) is 119 cm³/mol. The fraction of sp³-hybridized carbons (Fsp3) is 0.652. The Morgan fingerprint density at radius 1 is 1.24 bits per heavy atom. The molecule has 2 rings (SSSR count). The molecule has 1 fully saturated rings. The fourth-order valence-electron chi connectivity index (χ4n) is 3.70. The minimum Gasteiger partial charge on any atom is -0.382 e. The summed E-state index contributed by atoms with van der Waals surface area (Å²) in [4.78, 5) is 28.9. The molecule has 1 aliphatic rings. The first-order valence-corrected chi connectivity index (χ1v) is 10.8. The first-order chi connectivity index (χ1) is 13.7. The number of amides is 2. The van der Waals surface area contributed by atoms with Crippen LogP contribution in [0.1, 0.15) is 56.0 Å². The summed E-state index contributed by atoms with van der Waals surface area (Å²) in [7, 11) is 3.62. The van der Waals surface area contributed by atoms with E-state index >= 15 is 0 Å². The average Bonchev–Trinajstić information content (AvgIpc) is 3.14. The van der Waals surface area contributed by atoms with Crippen molar-refractivity contribution in [3.8, 4) is 0 Å². The molecule has 1 aromatic carbocycles. The van der Waals surface area contributed by atoms with E-state index in [-0.39, 0.29) is 17.9 Å². The van der Waals surface area contributed by atoms with Crippen molar-refractivity contribution >= 4 is 17.5 Å². The molecule has 2 atom stereocenters. The zero-order valence-electron chi connectivity index (χ0n) is 18.9. The Balaban J connectivity index is 1.86. The van der Waals surface area contributed by atoms with Gasteiger partial charge in [0.2, 0.25) is 5.91 Å². The van der Waals surface area contributed by atoms with Gasteiger partial charge in [0.25, 0.3) is 5.91 Å². The van der Waals surface area contributed by atoms with E-state index in [1.54, 1.807) is 4.90 Å². The van der Waals surface area contributed by atoms with E-state index in [4.69, 9.17) is 0 Å². The molecule has 6 nitrogen and oxygen atoms in total. The van der Waals surface area contributed by atoms with Crippen LogP contribution < -0.4 is 10.6 Å². The van der Waals surface area contributed by atoms with Crippen LogP contribution in [0.3, 0.4) is 0 Å². The Labute approximate surface area is 176 Å². The summed E-state index contributed by atoms with van der Waals surface area (Å²) >= 11 is 0. The van der Waals surface area contributed by atoms with Gasteiger partial charge in [0.15, 0.2) is 0 Å². The van der Waals surface area contributed by atoms with Crippen molar-refractivity contribution in [1.82, 2.24) is 15.1 Å². The van der Waals surface area contributed by atoms with E-state index in [0.29, 0.717) is 24.1 Å². The summed E-state index contributed by atoms with van der Waals surface area (Å²) in [5.41, 5.74) is 2.71. The number of likely N-dealkylation sites (N-methyl/N-ethyl adjacent to an activating group) is 1. The first kappa shape index (κ1) is 23.2. The lowest BCUT2D eigenvalue weighted by atomic mass is 10.0. The van der Waals surface area contributed by atoms with Crippen molar-refractivity contribution < 1.29 is 9.59 Å². The lowest BCUT2D eigenvalue weighted by Crippen LogP contribution is -2.43. The largest absolute Gasteiger partial charge is 0.382 e. The molecule has 0 saturated carbocycles. The molecule has 0 unspecified atom stereocenters. The Kier molecular flexibility index (Phi) is 8.50. The van der Waals surface area contributed by atoms with Crippen LogP contribution in [0.5, 0.6) is 0 Å². The van der Waals surface area contributed by atoms with E-state index in [2.05, 4.69) is 36.3 Å². The fourth-order valence-corrected chi connectivity index (χ4v) is 3.70. The number of carbonyl (C=O) groups is 2. The van der Waals surface area contributed by atoms with E-state index in [1.807, 2.05) is 39.2 Å².